The van der Waals surface area contributed by atoms with Crippen molar-refractivity contribution in [3.8, 4) is 0 Å². The van der Waals surface area contributed by atoms with Crippen LogP contribution in [-0.4, -0.2) is 61.1 Å². The first kappa shape index (κ1) is 17.0. The molecule has 25 heavy (non-hydrogen) atoms. The minimum absolute atomic E-state index is 0.218. The van der Waals surface area contributed by atoms with E-state index < -0.39 is 0 Å². The molecule has 1 amide bonds. The molecule has 4 heteroatoms. The molecule has 1 aliphatic carbocycles. The van der Waals surface area contributed by atoms with Crippen LogP contribution in [0.4, 0.5) is 0 Å². The molecule has 0 bridgehead atoms. The van der Waals surface area contributed by atoms with Crippen molar-refractivity contribution in [1.29, 1.82) is 0 Å². The summed E-state index contributed by atoms with van der Waals surface area (Å²) in [6.45, 7) is 6.85. The topological polar surface area (TPSA) is 32.8 Å². The van der Waals surface area contributed by atoms with Gasteiger partial charge in [-0.05, 0) is 44.6 Å². The molecule has 1 spiro atoms. The molecule has 3 fully saturated rings. The fraction of sp³-hybridized carbons (Fsp3) is 0.667. The van der Waals surface area contributed by atoms with Gasteiger partial charge in [-0.25, -0.2) is 0 Å². The summed E-state index contributed by atoms with van der Waals surface area (Å²) in [4.78, 5) is 18.1. The summed E-state index contributed by atoms with van der Waals surface area (Å²) in [6.07, 6.45) is 5.58. The molecule has 1 saturated carbocycles. The Morgan fingerprint density at radius 1 is 1.12 bits per heavy atom. The van der Waals surface area contributed by atoms with Gasteiger partial charge in [0.15, 0.2) is 0 Å². The number of hydrogen-bond acceptors (Lipinski definition) is 3. The Bertz CT molecular complexity index is 638. The van der Waals surface area contributed by atoms with E-state index >= 15 is 0 Å². The SMILES string of the molecule is COCCN1CC[C@]12CCCN(C(=O)C1(c3ccc(C)cc3)CC1)C2. The van der Waals surface area contributed by atoms with Gasteiger partial charge in [-0.2, -0.15) is 0 Å². The predicted octanol–water partition coefficient (Wildman–Crippen LogP) is 2.74. The molecule has 1 atom stereocenters. The van der Waals surface area contributed by atoms with E-state index in [1.54, 1.807) is 7.11 Å². The number of piperidine rings is 1. The van der Waals surface area contributed by atoms with Crippen molar-refractivity contribution in [2.75, 3.05) is 39.9 Å². The normalized spacial score (nSPS) is 28.0. The van der Waals surface area contributed by atoms with E-state index in [-0.39, 0.29) is 11.0 Å². The summed E-state index contributed by atoms with van der Waals surface area (Å²) in [7, 11) is 1.77. The Hall–Kier alpha value is -1.39. The van der Waals surface area contributed by atoms with E-state index in [9.17, 15) is 4.79 Å². The number of carbonyl (C=O) groups is 1. The zero-order chi connectivity index (χ0) is 17.5. The molecule has 2 aliphatic heterocycles. The highest BCUT2D eigenvalue weighted by atomic mass is 16.5. The fourth-order valence-electron chi connectivity index (χ4n) is 4.81. The van der Waals surface area contributed by atoms with Crippen molar-refractivity contribution < 1.29 is 9.53 Å². The summed E-state index contributed by atoms with van der Waals surface area (Å²) in [5.74, 6) is 0.369. The minimum atomic E-state index is -0.229. The minimum Gasteiger partial charge on any atom is -0.383 e. The van der Waals surface area contributed by atoms with Gasteiger partial charge in [0.2, 0.25) is 5.91 Å². The summed E-state index contributed by atoms with van der Waals surface area (Å²) in [6, 6.07) is 8.60. The number of ether oxygens (including phenoxy) is 1. The molecule has 2 heterocycles. The van der Waals surface area contributed by atoms with Gasteiger partial charge in [0.25, 0.3) is 0 Å². The second-order valence-corrected chi connectivity index (χ2v) is 8.23. The third-order valence-corrected chi connectivity index (χ3v) is 6.69. The van der Waals surface area contributed by atoms with Crippen LogP contribution in [0.3, 0.4) is 0 Å². The molecule has 1 aromatic carbocycles. The highest BCUT2D eigenvalue weighted by molar-refractivity contribution is 5.91. The number of nitrogens with zero attached hydrogens (tertiary/aromatic N) is 2. The Labute approximate surface area is 151 Å². The van der Waals surface area contributed by atoms with E-state index in [1.807, 2.05) is 0 Å². The zero-order valence-corrected chi connectivity index (χ0v) is 15.6. The van der Waals surface area contributed by atoms with Crippen molar-refractivity contribution in [1.82, 2.24) is 9.80 Å². The number of rotatable bonds is 5. The molecule has 2 saturated heterocycles. The van der Waals surface area contributed by atoms with Crippen LogP contribution in [0.1, 0.15) is 43.2 Å². The number of amides is 1. The summed E-state index contributed by atoms with van der Waals surface area (Å²) in [5.41, 5.74) is 2.46. The van der Waals surface area contributed by atoms with E-state index in [2.05, 4.69) is 41.0 Å². The molecular weight excluding hydrogens is 312 g/mol. The van der Waals surface area contributed by atoms with Gasteiger partial charge in [-0.15, -0.1) is 0 Å². The third kappa shape index (κ3) is 2.89. The number of carbonyl (C=O) groups excluding carboxylic acids is 1. The first-order valence-electron chi connectivity index (χ1n) is 9.70. The Kier molecular flexibility index (Phi) is 4.37. The van der Waals surface area contributed by atoms with Crippen molar-refractivity contribution in [3.63, 3.8) is 0 Å². The second kappa shape index (κ2) is 6.40. The number of likely N-dealkylation sites (tertiary alicyclic amines) is 2. The van der Waals surface area contributed by atoms with Gasteiger partial charge in [0.1, 0.15) is 0 Å². The molecular formula is C21H30N2O2. The van der Waals surface area contributed by atoms with E-state index in [0.717, 1.165) is 52.0 Å². The number of hydrogen-bond donors (Lipinski definition) is 0. The van der Waals surface area contributed by atoms with Crippen LogP contribution in [0, 0.1) is 6.92 Å². The maximum absolute atomic E-state index is 13.4. The Morgan fingerprint density at radius 2 is 1.88 bits per heavy atom. The lowest BCUT2D eigenvalue weighted by Crippen LogP contribution is -2.68. The monoisotopic (exact) mass is 342 g/mol. The van der Waals surface area contributed by atoms with E-state index in [0.29, 0.717) is 5.91 Å². The fourth-order valence-corrected chi connectivity index (χ4v) is 4.81. The summed E-state index contributed by atoms with van der Waals surface area (Å²) in [5, 5.41) is 0. The first-order chi connectivity index (χ1) is 12.1. The van der Waals surface area contributed by atoms with Crippen LogP contribution in [-0.2, 0) is 14.9 Å². The lowest BCUT2D eigenvalue weighted by Gasteiger charge is -2.57. The average molecular weight is 342 g/mol. The van der Waals surface area contributed by atoms with Gasteiger partial charge in [0.05, 0.1) is 12.0 Å². The smallest absolute Gasteiger partial charge is 0.233 e. The molecule has 4 nitrogen and oxygen atoms in total. The van der Waals surface area contributed by atoms with Gasteiger partial charge < -0.3 is 9.64 Å². The van der Waals surface area contributed by atoms with Crippen molar-refractivity contribution in [2.24, 2.45) is 0 Å². The lowest BCUT2D eigenvalue weighted by molar-refractivity contribution is -0.143. The van der Waals surface area contributed by atoms with Crippen LogP contribution in [0.5, 0.6) is 0 Å². The summed E-state index contributed by atoms with van der Waals surface area (Å²) >= 11 is 0. The van der Waals surface area contributed by atoms with E-state index in [4.69, 9.17) is 4.74 Å². The van der Waals surface area contributed by atoms with Gasteiger partial charge in [-0.3, -0.25) is 9.69 Å². The van der Waals surface area contributed by atoms with Gasteiger partial charge >= 0.3 is 0 Å². The van der Waals surface area contributed by atoms with Gasteiger partial charge in [0, 0.05) is 38.8 Å². The van der Waals surface area contributed by atoms with Crippen LogP contribution in [0.15, 0.2) is 24.3 Å². The Morgan fingerprint density at radius 3 is 2.48 bits per heavy atom. The molecule has 0 aromatic heterocycles. The molecule has 4 rings (SSSR count). The Balaban J connectivity index is 1.48. The molecule has 3 aliphatic rings. The lowest BCUT2D eigenvalue weighted by atomic mass is 9.77. The maximum atomic E-state index is 13.4. The molecule has 0 unspecified atom stereocenters. The summed E-state index contributed by atoms with van der Waals surface area (Å²) < 4.78 is 5.27. The molecule has 136 valence electrons. The number of methoxy groups -OCH3 is 1. The van der Waals surface area contributed by atoms with Crippen LogP contribution in [0.25, 0.3) is 0 Å². The maximum Gasteiger partial charge on any atom is 0.233 e. The highest BCUT2D eigenvalue weighted by Crippen LogP contribution is 2.50. The van der Waals surface area contributed by atoms with Crippen LogP contribution < -0.4 is 0 Å². The standard InChI is InChI=1S/C21H30N2O2/c1-17-4-6-18(7-5-17)21(9-10-21)19(24)22-12-3-8-20(16-22)11-13-23(20)14-15-25-2/h4-7H,3,8-16H2,1-2H3/t20-/m0/s1. The molecule has 0 N–H and O–H groups in total. The zero-order valence-electron chi connectivity index (χ0n) is 15.6. The quantitative estimate of drug-likeness (QED) is 0.825. The van der Waals surface area contributed by atoms with Crippen LogP contribution in [0.2, 0.25) is 0 Å². The average Bonchev–Trinajstić information content (AvgIpc) is 3.43. The number of benzene rings is 1. The predicted molar refractivity (Wildman–Crippen MR) is 98.7 cm³/mol. The van der Waals surface area contributed by atoms with Crippen LogP contribution >= 0.6 is 0 Å². The molecule has 0 radical (unpaired) electrons. The highest BCUT2D eigenvalue weighted by Gasteiger charge is 2.55. The van der Waals surface area contributed by atoms with Crippen molar-refractivity contribution in [3.05, 3.63) is 35.4 Å². The van der Waals surface area contributed by atoms with Crippen molar-refractivity contribution in [2.45, 2.75) is 50.0 Å². The largest absolute Gasteiger partial charge is 0.383 e. The third-order valence-electron chi connectivity index (χ3n) is 6.69. The van der Waals surface area contributed by atoms with Gasteiger partial charge in [-0.1, -0.05) is 29.8 Å². The second-order valence-electron chi connectivity index (χ2n) is 8.23. The van der Waals surface area contributed by atoms with E-state index in [1.165, 1.54) is 24.0 Å². The number of aryl methyl sites for hydroxylation is 1. The first-order valence-corrected chi connectivity index (χ1v) is 9.70. The van der Waals surface area contributed by atoms with Crippen molar-refractivity contribution >= 4 is 5.91 Å². The molecule has 1 aromatic rings.